The van der Waals surface area contributed by atoms with E-state index in [4.69, 9.17) is 9.15 Å². The number of nitrogens with zero attached hydrogens (tertiary/aromatic N) is 3. The zero-order valence-electron chi connectivity index (χ0n) is 20.0. The summed E-state index contributed by atoms with van der Waals surface area (Å²) in [6, 6.07) is 13.5. The highest BCUT2D eigenvalue weighted by Crippen LogP contribution is 2.27. The molecule has 186 valence electrons. The van der Waals surface area contributed by atoms with Crippen LogP contribution in [0.4, 0.5) is 11.5 Å². The van der Waals surface area contributed by atoms with Gasteiger partial charge < -0.3 is 24.2 Å². The van der Waals surface area contributed by atoms with Crippen molar-refractivity contribution < 1.29 is 22.4 Å². The van der Waals surface area contributed by atoms with Gasteiger partial charge in [-0.3, -0.25) is 9.78 Å². The third-order valence-corrected chi connectivity index (χ3v) is 6.49. The zero-order chi connectivity index (χ0) is 26.0. The minimum absolute atomic E-state index is 0.0477. The fourth-order valence-electron chi connectivity index (χ4n) is 3.51. The number of aromatic nitrogens is 2. The third kappa shape index (κ3) is 5.69. The first-order valence-corrected chi connectivity index (χ1v) is 12.4. The van der Waals surface area contributed by atoms with E-state index in [-0.39, 0.29) is 10.7 Å². The maximum atomic E-state index is 12.6. The highest BCUT2D eigenvalue weighted by molar-refractivity contribution is 7.94. The zero-order valence-corrected chi connectivity index (χ0v) is 20.8. The summed E-state index contributed by atoms with van der Waals surface area (Å²) in [7, 11) is -4.01. The van der Waals surface area contributed by atoms with Crippen molar-refractivity contribution in [1.82, 2.24) is 9.97 Å². The number of fused-ring (bicyclic) bond motifs is 1. The van der Waals surface area contributed by atoms with E-state index in [2.05, 4.69) is 20.0 Å². The average Bonchev–Trinajstić information content (AvgIpc) is 2.78. The Morgan fingerprint density at radius 3 is 2.44 bits per heavy atom. The number of aryl methyl sites for hydroxylation is 3. The number of carbonyl (C=O) groups is 1. The minimum Gasteiger partial charge on any atom is -0.481 e. The molecule has 4 aromatic rings. The topological polar surface area (TPSA) is 143 Å². The quantitative estimate of drug-likeness (QED) is 0.365. The van der Waals surface area contributed by atoms with Crippen molar-refractivity contribution in [3.63, 3.8) is 0 Å². The second-order valence-electron chi connectivity index (χ2n) is 8.16. The molecule has 4 rings (SSSR count). The van der Waals surface area contributed by atoms with Gasteiger partial charge in [0.15, 0.2) is 6.10 Å². The van der Waals surface area contributed by atoms with Crippen molar-refractivity contribution in [2.45, 2.75) is 38.7 Å². The van der Waals surface area contributed by atoms with Crippen molar-refractivity contribution in [1.29, 1.82) is 0 Å². The molecule has 0 saturated heterocycles. The van der Waals surface area contributed by atoms with E-state index in [0.29, 0.717) is 28.5 Å². The van der Waals surface area contributed by atoms with Gasteiger partial charge in [0.2, 0.25) is 10.0 Å². The van der Waals surface area contributed by atoms with Gasteiger partial charge in [0.05, 0.1) is 4.90 Å². The van der Waals surface area contributed by atoms with Crippen LogP contribution in [-0.4, -0.2) is 30.4 Å². The predicted molar refractivity (Wildman–Crippen MR) is 134 cm³/mol. The van der Waals surface area contributed by atoms with Gasteiger partial charge in [-0.15, -0.1) is 0 Å². The van der Waals surface area contributed by atoms with Gasteiger partial charge >= 0.3 is 5.63 Å². The van der Waals surface area contributed by atoms with Gasteiger partial charge in [-0.1, -0.05) is 0 Å². The predicted octanol–water partition coefficient (Wildman–Crippen LogP) is 4.31. The minimum atomic E-state index is -4.01. The first-order chi connectivity index (χ1) is 17.0. The van der Waals surface area contributed by atoms with Crippen LogP contribution in [-0.2, 0) is 14.8 Å². The summed E-state index contributed by atoms with van der Waals surface area (Å²) in [5.41, 5.74) is 1.65. The Kier molecular flexibility index (Phi) is 6.75. The number of hydrogen-bond donors (Lipinski definition) is 1. The lowest BCUT2D eigenvalue weighted by atomic mass is 10.1. The van der Waals surface area contributed by atoms with Crippen LogP contribution in [0.5, 0.6) is 5.75 Å². The lowest BCUT2D eigenvalue weighted by Crippen LogP contribution is -2.30. The lowest BCUT2D eigenvalue weighted by molar-refractivity contribution is -0.122. The van der Waals surface area contributed by atoms with Crippen molar-refractivity contribution in [2.24, 2.45) is 0 Å². The normalized spacial score (nSPS) is 12.2. The molecule has 1 amide bonds. The summed E-state index contributed by atoms with van der Waals surface area (Å²) < 4.78 is 40.0. The van der Waals surface area contributed by atoms with Crippen LogP contribution in [0.25, 0.3) is 15.7 Å². The van der Waals surface area contributed by atoms with Crippen molar-refractivity contribution in [2.75, 3.05) is 5.32 Å². The molecular formula is C25H23N4O6S-. The van der Waals surface area contributed by atoms with Crippen molar-refractivity contribution in [3.8, 4) is 5.75 Å². The molecule has 0 aliphatic heterocycles. The molecule has 10 nitrogen and oxygen atoms in total. The first-order valence-electron chi connectivity index (χ1n) is 10.9. The van der Waals surface area contributed by atoms with Crippen LogP contribution in [0.2, 0.25) is 0 Å². The number of carbonyl (C=O) groups excluding carboxylic acids is 1. The van der Waals surface area contributed by atoms with Gasteiger partial charge in [-0.05, 0) is 81.5 Å². The van der Waals surface area contributed by atoms with Crippen LogP contribution in [0.3, 0.4) is 0 Å². The molecule has 11 heteroatoms. The summed E-state index contributed by atoms with van der Waals surface area (Å²) in [5, 5.41) is 3.45. The molecule has 0 spiro atoms. The molecule has 0 bridgehead atoms. The Balaban J connectivity index is 1.42. The van der Waals surface area contributed by atoms with Gasteiger partial charge in [0.1, 0.15) is 11.3 Å². The molecule has 1 N–H and O–H groups in total. The SMILES string of the molecule is Cc1cc([N-]S(=O)(=O)c2ccc(NC(=O)C(C)Oc3ccc4c(C)cc(=O)oc4c3)cc2)nc(C)n1. The van der Waals surface area contributed by atoms with E-state index in [1.807, 2.05) is 0 Å². The smallest absolute Gasteiger partial charge is 0.336 e. The maximum Gasteiger partial charge on any atom is 0.336 e. The van der Waals surface area contributed by atoms with Gasteiger partial charge in [0, 0.05) is 34.7 Å². The van der Waals surface area contributed by atoms with Crippen LogP contribution in [0.15, 0.2) is 68.7 Å². The van der Waals surface area contributed by atoms with E-state index in [9.17, 15) is 18.0 Å². The number of amides is 1. The third-order valence-electron chi connectivity index (χ3n) is 5.19. The second kappa shape index (κ2) is 9.78. The summed E-state index contributed by atoms with van der Waals surface area (Å²) in [4.78, 5) is 32.3. The number of nitrogens with one attached hydrogen (secondary N) is 1. The average molecular weight is 508 g/mol. The fourth-order valence-corrected chi connectivity index (χ4v) is 4.44. The van der Waals surface area contributed by atoms with Crippen LogP contribution in [0.1, 0.15) is 24.0 Å². The number of rotatable bonds is 7. The van der Waals surface area contributed by atoms with E-state index in [0.717, 1.165) is 10.9 Å². The van der Waals surface area contributed by atoms with Gasteiger partial charge in [-0.2, -0.15) is 0 Å². The van der Waals surface area contributed by atoms with E-state index >= 15 is 0 Å². The van der Waals surface area contributed by atoms with Crippen molar-refractivity contribution in [3.05, 3.63) is 86.8 Å². The second-order valence-corrected chi connectivity index (χ2v) is 9.77. The molecule has 36 heavy (non-hydrogen) atoms. The lowest BCUT2D eigenvalue weighted by Gasteiger charge is -2.17. The molecule has 0 saturated carbocycles. The molecule has 1 atom stereocenters. The number of sulfonamides is 1. The molecule has 0 aliphatic carbocycles. The first kappa shape index (κ1) is 24.9. The van der Waals surface area contributed by atoms with Crippen LogP contribution < -0.4 is 15.7 Å². The summed E-state index contributed by atoms with van der Waals surface area (Å²) in [5.74, 6) is 0.373. The molecule has 0 fully saturated rings. The van der Waals surface area contributed by atoms with E-state index in [1.165, 1.54) is 36.4 Å². The highest BCUT2D eigenvalue weighted by atomic mass is 32.2. The largest absolute Gasteiger partial charge is 0.481 e. The van der Waals surface area contributed by atoms with E-state index in [1.54, 1.807) is 45.9 Å². The molecule has 2 aromatic heterocycles. The Labute approximate surface area is 207 Å². The Hall–Kier alpha value is -4.25. The number of benzene rings is 2. The fraction of sp³-hybridized carbons (Fsp3) is 0.200. The van der Waals surface area contributed by atoms with E-state index < -0.39 is 27.7 Å². The molecule has 0 aliphatic rings. The molecule has 2 aromatic carbocycles. The molecule has 1 unspecified atom stereocenters. The number of ether oxygens (including phenoxy) is 1. The number of hydrogen-bond acceptors (Lipinski definition) is 8. The summed E-state index contributed by atoms with van der Waals surface area (Å²) in [6.07, 6.45) is -0.887. The molecule has 2 heterocycles. The van der Waals surface area contributed by atoms with Gasteiger partial charge in [-0.25, -0.2) is 13.2 Å². The number of anilines is 1. The standard InChI is InChI=1S/C25H24N4O6S/c1-14-11-24(30)35-22-13-19(7-10-21(14)22)34-16(3)25(31)28-18-5-8-20(9-6-18)36(32,33)29-23-12-15(2)26-17(4)27-23/h5-13,16H,1-4H3,(H2,26,27,28,29,31)/p-1. The summed E-state index contributed by atoms with van der Waals surface area (Å²) >= 11 is 0. The van der Waals surface area contributed by atoms with Crippen LogP contribution in [0, 0.1) is 20.8 Å². The monoisotopic (exact) mass is 507 g/mol. The Morgan fingerprint density at radius 1 is 1.03 bits per heavy atom. The molecule has 0 radical (unpaired) electrons. The summed E-state index contributed by atoms with van der Waals surface area (Å²) in [6.45, 7) is 6.74. The highest BCUT2D eigenvalue weighted by Gasteiger charge is 2.17. The Morgan fingerprint density at radius 2 is 1.75 bits per heavy atom. The van der Waals surface area contributed by atoms with Gasteiger partial charge in [0.25, 0.3) is 5.91 Å². The van der Waals surface area contributed by atoms with Crippen molar-refractivity contribution >= 4 is 38.4 Å². The molecular weight excluding hydrogens is 484 g/mol. The Bertz CT molecular complexity index is 1590. The maximum absolute atomic E-state index is 12.6. The van der Waals surface area contributed by atoms with Crippen LogP contribution >= 0.6 is 0 Å².